The second-order valence-electron chi connectivity index (χ2n) is 3.16. The summed E-state index contributed by atoms with van der Waals surface area (Å²) >= 11 is 1.20. The standard InChI is InChI=1S/C8H11N5OS/c1-6-5-15-8(14)12(6)2-3-13-10-4-7(9)11-13/h4-5H,2-3H2,1H3,(H2,9,11). The quantitative estimate of drug-likeness (QED) is 0.803. The van der Waals surface area contributed by atoms with Crippen LogP contribution in [0.4, 0.5) is 5.82 Å². The van der Waals surface area contributed by atoms with E-state index < -0.39 is 0 Å². The molecule has 0 saturated carbocycles. The molecular formula is C8H11N5OS. The van der Waals surface area contributed by atoms with Gasteiger partial charge in [0.15, 0.2) is 5.82 Å². The van der Waals surface area contributed by atoms with Gasteiger partial charge in [-0.2, -0.15) is 9.90 Å². The van der Waals surface area contributed by atoms with Gasteiger partial charge >= 0.3 is 4.87 Å². The zero-order valence-electron chi connectivity index (χ0n) is 8.25. The Hall–Kier alpha value is -1.63. The summed E-state index contributed by atoms with van der Waals surface area (Å²) in [7, 11) is 0. The Bertz CT molecular complexity index is 511. The van der Waals surface area contributed by atoms with Crippen molar-refractivity contribution in [3.63, 3.8) is 0 Å². The first kappa shape index (κ1) is 9.91. The number of nitrogen functional groups attached to an aromatic ring is 1. The summed E-state index contributed by atoms with van der Waals surface area (Å²) in [6.07, 6.45) is 1.49. The Kier molecular flexibility index (Phi) is 2.55. The van der Waals surface area contributed by atoms with Gasteiger partial charge in [-0.05, 0) is 6.92 Å². The van der Waals surface area contributed by atoms with E-state index in [-0.39, 0.29) is 4.87 Å². The number of hydrogen-bond acceptors (Lipinski definition) is 5. The lowest BCUT2D eigenvalue weighted by molar-refractivity contribution is 0.475. The minimum atomic E-state index is 0.0487. The van der Waals surface area contributed by atoms with E-state index >= 15 is 0 Å². The zero-order chi connectivity index (χ0) is 10.8. The summed E-state index contributed by atoms with van der Waals surface area (Å²) in [5.41, 5.74) is 6.39. The molecule has 6 nitrogen and oxygen atoms in total. The number of nitrogens with zero attached hydrogens (tertiary/aromatic N) is 4. The van der Waals surface area contributed by atoms with Crippen LogP contribution in [0.2, 0.25) is 0 Å². The maximum absolute atomic E-state index is 11.4. The number of hydrogen-bond donors (Lipinski definition) is 1. The van der Waals surface area contributed by atoms with E-state index in [0.29, 0.717) is 18.9 Å². The molecule has 2 aromatic rings. The molecule has 2 rings (SSSR count). The minimum absolute atomic E-state index is 0.0487. The van der Waals surface area contributed by atoms with E-state index in [4.69, 9.17) is 5.73 Å². The highest BCUT2D eigenvalue weighted by molar-refractivity contribution is 7.07. The van der Waals surface area contributed by atoms with Crippen molar-refractivity contribution < 1.29 is 0 Å². The molecule has 0 aliphatic rings. The van der Waals surface area contributed by atoms with Crippen LogP contribution in [0, 0.1) is 6.92 Å². The van der Waals surface area contributed by atoms with Gasteiger partial charge in [0.1, 0.15) is 0 Å². The molecule has 0 fully saturated rings. The Morgan fingerprint density at radius 2 is 2.33 bits per heavy atom. The van der Waals surface area contributed by atoms with Gasteiger partial charge in [-0.1, -0.05) is 11.3 Å². The predicted octanol–water partition coefficient (Wildman–Crippen LogP) is 0.0921. The fourth-order valence-electron chi connectivity index (χ4n) is 1.28. The SMILES string of the molecule is Cc1csc(=O)n1CCn1ncc(N)n1. The molecule has 0 atom stereocenters. The third kappa shape index (κ3) is 2.07. The zero-order valence-corrected chi connectivity index (χ0v) is 9.07. The molecule has 15 heavy (non-hydrogen) atoms. The highest BCUT2D eigenvalue weighted by Gasteiger charge is 2.03. The van der Waals surface area contributed by atoms with Crippen molar-refractivity contribution in [2.24, 2.45) is 0 Å². The summed E-state index contributed by atoms with van der Waals surface area (Å²) in [6, 6.07) is 0. The molecule has 0 radical (unpaired) electrons. The number of rotatable bonds is 3. The van der Waals surface area contributed by atoms with Crippen molar-refractivity contribution in [3.8, 4) is 0 Å². The van der Waals surface area contributed by atoms with Crippen LogP contribution in [0.25, 0.3) is 0 Å². The van der Waals surface area contributed by atoms with Crippen molar-refractivity contribution in [1.82, 2.24) is 19.6 Å². The molecule has 7 heteroatoms. The molecule has 2 N–H and O–H groups in total. The van der Waals surface area contributed by atoms with Crippen molar-refractivity contribution in [3.05, 3.63) is 26.9 Å². The van der Waals surface area contributed by atoms with Gasteiger partial charge in [0.05, 0.1) is 12.7 Å². The van der Waals surface area contributed by atoms with E-state index in [9.17, 15) is 4.79 Å². The average Bonchev–Trinajstić information content (AvgIpc) is 2.73. The number of anilines is 1. The van der Waals surface area contributed by atoms with Crippen LogP contribution in [0.3, 0.4) is 0 Å². The number of aromatic nitrogens is 4. The normalized spacial score (nSPS) is 10.7. The van der Waals surface area contributed by atoms with Crippen LogP contribution in [0.1, 0.15) is 5.69 Å². The third-order valence-electron chi connectivity index (χ3n) is 2.05. The molecule has 0 aliphatic heterocycles. The van der Waals surface area contributed by atoms with Crippen LogP contribution >= 0.6 is 11.3 Å². The van der Waals surface area contributed by atoms with Gasteiger partial charge in [-0.15, -0.1) is 5.10 Å². The van der Waals surface area contributed by atoms with Gasteiger partial charge in [-0.25, -0.2) is 0 Å². The maximum Gasteiger partial charge on any atom is 0.307 e. The fourth-order valence-corrected chi connectivity index (χ4v) is 2.04. The van der Waals surface area contributed by atoms with Crippen LogP contribution in [-0.4, -0.2) is 19.6 Å². The van der Waals surface area contributed by atoms with E-state index in [1.807, 2.05) is 12.3 Å². The summed E-state index contributed by atoms with van der Waals surface area (Å²) in [5, 5.41) is 9.72. The highest BCUT2D eigenvalue weighted by Crippen LogP contribution is 2.00. The van der Waals surface area contributed by atoms with Gasteiger partial charge < -0.3 is 10.3 Å². The van der Waals surface area contributed by atoms with Crippen LogP contribution in [0.15, 0.2) is 16.4 Å². The Balaban J connectivity index is 2.08. The third-order valence-corrected chi connectivity index (χ3v) is 2.94. The smallest absolute Gasteiger partial charge is 0.307 e. The first-order valence-corrected chi connectivity index (χ1v) is 5.35. The first-order valence-electron chi connectivity index (χ1n) is 4.47. The Morgan fingerprint density at radius 3 is 2.87 bits per heavy atom. The van der Waals surface area contributed by atoms with Crippen molar-refractivity contribution in [2.75, 3.05) is 5.73 Å². The minimum Gasteiger partial charge on any atom is -0.381 e. The molecule has 0 unspecified atom stereocenters. The molecule has 2 aromatic heterocycles. The van der Waals surface area contributed by atoms with Crippen molar-refractivity contribution in [1.29, 1.82) is 0 Å². The van der Waals surface area contributed by atoms with Crippen LogP contribution in [-0.2, 0) is 13.1 Å². The van der Waals surface area contributed by atoms with Crippen LogP contribution < -0.4 is 10.6 Å². The monoisotopic (exact) mass is 225 g/mol. The second kappa shape index (κ2) is 3.85. The molecule has 0 bridgehead atoms. The summed E-state index contributed by atoms with van der Waals surface area (Å²) in [5.74, 6) is 0.393. The number of thiazole rings is 1. The van der Waals surface area contributed by atoms with Crippen LogP contribution in [0.5, 0.6) is 0 Å². The van der Waals surface area contributed by atoms with Gasteiger partial charge in [-0.3, -0.25) is 4.79 Å². The van der Waals surface area contributed by atoms with Gasteiger partial charge in [0.25, 0.3) is 0 Å². The van der Waals surface area contributed by atoms with Gasteiger partial charge in [0.2, 0.25) is 0 Å². The van der Waals surface area contributed by atoms with E-state index in [0.717, 1.165) is 5.69 Å². The topological polar surface area (TPSA) is 78.7 Å². The largest absolute Gasteiger partial charge is 0.381 e. The summed E-state index contributed by atoms with van der Waals surface area (Å²) in [4.78, 5) is 12.9. The molecule has 0 amide bonds. The van der Waals surface area contributed by atoms with E-state index in [1.54, 1.807) is 4.57 Å². The summed E-state index contributed by atoms with van der Waals surface area (Å²) in [6.45, 7) is 3.03. The molecule has 0 saturated heterocycles. The molecular weight excluding hydrogens is 214 g/mol. The Morgan fingerprint density at radius 1 is 1.53 bits per heavy atom. The highest BCUT2D eigenvalue weighted by atomic mass is 32.1. The lowest BCUT2D eigenvalue weighted by Gasteiger charge is -2.02. The van der Waals surface area contributed by atoms with Crippen molar-refractivity contribution in [2.45, 2.75) is 20.0 Å². The van der Waals surface area contributed by atoms with Gasteiger partial charge in [0, 0.05) is 17.6 Å². The Labute approximate surface area is 90.0 Å². The molecule has 0 aromatic carbocycles. The molecule has 80 valence electrons. The number of aryl methyl sites for hydroxylation is 2. The predicted molar refractivity (Wildman–Crippen MR) is 57.8 cm³/mol. The average molecular weight is 225 g/mol. The summed E-state index contributed by atoms with van der Waals surface area (Å²) < 4.78 is 1.70. The molecule has 0 spiro atoms. The lowest BCUT2D eigenvalue weighted by Crippen LogP contribution is -2.19. The number of nitrogens with two attached hydrogens (primary N) is 1. The maximum atomic E-state index is 11.4. The molecule has 0 aliphatic carbocycles. The molecule has 2 heterocycles. The van der Waals surface area contributed by atoms with E-state index in [2.05, 4.69) is 10.2 Å². The lowest BCUT2D eigenvalue weighted by atomic mass is 10.5. The first-order chi connectivity index (χ1) is 7.16. The van der Waals surface area contributed by atoms with Crippen molar-refractivity contribution >= 4 is 17.2 Å². The fraction of sp³-hybridized carbons (Fsp3) is 0.375. The second-order valence-corrected chi connectivity index (χ2v) is 3.98. The van der Waals surface area contributed by atoms with E-state index in [1.165, 1.54) is 22.3 Å².